The minimum Gasteiger partial charge on any atom is -0.377 e. The molecule has 1 aromatic carbocycles. The van der Waals surface area contributed by atoms with Gasteiger partial charge in [-0.1, -0.05) is 30.3 Å². The number of pyridine rings is 1. The molecular weight excluding hydrogens is 248 g/mol. The molecule has 1 atom stereocenters. The van der Waals surface area contributed by atoms with Crippen LogP contribution in [0.1, 0.15) is 36.7 Å². The quantitative estimate of drug-likeness (QED) is 0.836. The molecule has 0 saturated heterocycles. The summed E-state index contributed by atoms with van der Waals surface area (Å²) in [5.41, 5.74) is 3.59. The average Bonchev–Trinajstić information content (AvgIpc) is 2.52. The van der Waals surface area contributed by atoms with Crippen LogP contribution in [0.5, 0.6) is 0 Å². The van der Waals surface area contributed by atoms with Crippen LogP contribution in [0, 0.1) is 0 Å². The molecule has 0 bridgehead atoms. The standard InChI is InChI=1S/C17H22N2O/c1-3-20-13-16-9-5-4-8-15(16)12-19-14(2)17-10-6-7-11-18-17/h4-11,14,19H,3,12-13H2,1-2H3. The molecule has 0 spiro atoms. The number of hydrogen-bond donors (Lipinski definition) is 1. The van der Waals surface area contributed by atoms with Crippen molar-refractivity contribution in [3.63, 3.8) is 0 Å². The Bertz CT molecular complexity index is 513. The van der Waals surface area contributed by atoms with Crippen molar-refractivity contribution in [2.45, 2.75) is 33.0 Å². The predicted octanol–water partition coefficient (Wildman–Crippen LogP) is 3.47. The fourth-order valence-corrected chi connectivity index (χ4v) is 2.08. The van der Waals surface area contributed by atoms with Gasteiger partial charge in [-0.3, -0.25) is 4.98 Å². The fraction of sp³-hybridized carbons (Fsp3) is 0.353. The van der Waals surface area contributed by atoms with Gasteiger partial charge in [0.25, 0.3) is 0 Å². The molecule has 0 aliphatic heterocycles. The Balaban J connectivity index is 1.96. The predicted molar refractivity (Wildman–Crippen MR) is 81.3 cm³/mol. The minimum absolute atomic E-state index is 0.233. The third-order valence-corrected chi connectivity index (χ3v) is 3.31. The summed E-state index contributed by atoms with van der Waals surface area (Å²) in [6.07, 6.45) is 1.83. The van der Waals surface area contributed by atoms with Crippen molar-refractivity contribution in [1.82, 2.24) is 10.3 Å². The number of ether oxygens (including phenoxy) is 1. The molecule has 0 aliphatic carbocycles. The molecule has 20 heavy (non-hydrogen) atoms. The van der Waals surface area contributed by atoms with Crippen LogP contribution < -0.4 is 5.32 Å². The molecule has 1 aromatic heterocycles. The number of benzene rings is 1. The lowest BCUT2D eigenvalue weighted by molar-refractivity contribution is 0.133. The highest BCUT2D eigenvalue weighted by molar-refractivity contribution is 5.26. The van der Waals surface area contributed by atoms with Crippen molar-refractivity contribution in [2.75, 3.05) is 6.61 Å². The van der Waals surface area contributed by atoms with Crippen LogP contribution in [0.25, 0.3) is 0 Å². The summed E-state index contributed by atoms with van der Waals surface area (Å²) in [6, 6.07) is 14.6. The Labute approximate surface area is 121 Å². The molecule has 2 rings (SSSR count). The Morgan fingerprint density at radius 1 is 1.10 bits per heavy atom. The second-order valence-electron chi connectivity index (χ2n) is 4.76. The lowest BCUT2D eigenvalue weighted by Gasteiger charge is -2.15. The number of nitrogens with one attached hydrogen (secondary N) is 1. The number of hydrogen-bond acceptors (Lipinski definition) is 3. The van der Waals surface area contributed by atoms with Crippen LogP contribution >= 0.6 is 0 Å². The van der Waals surface area contributed by atoms with E-state index in [1.54, 1.807) is 0 Å². The smallest absolute Gasteiger partial charge is 0.0719 e. The van der Waals surface area contributed by atoms with Gasteiger partial charge in [-0.2, -0.15) is 0 Å². The van der Waals surface area contributed by atoms with Crippen LogP contribution in [-0.2, 0) is 17.9 Å². The molecule has 0 aliphatic rings. The molecule has 3 heteroatoms. The van der Waals surface area contributed by atoms with Crippen molar-refractivity contribution in [3.8, 4) is 0 Å². The topological polar surface area (TPSA) is 34.1 Å². The Kier molecular flexibility index (Phi) is 5.71. The van der Waals surface area contributed by atoms with Crippen molar-refractivity contribution in [1.29, 1.82) is 0 Å². The fourth-order valence-electron chi connectivity index (χ4n) is 2.08. The van der Waals surface area contributed by atoms with Gasteiger partial charge in [-0.15, -0.1) is 0 Å². The van der Waals surface area contributed by atoms with Gasteiger partial charge in [0.15, 0.2) is 0 Å². The monoisotopic (exact) mass is 270 g/mol. The van der Waals surface area contributed by atoms with E-state index in [-0.39, 0.29) is 6.04 Å². The Morgan fingerprint density at radius 3 is 2.55 bits per heavy atom. The van der Waals surface area contributed by atoms with E-state index in [9.17, 15) is 0 Å². The molecule has 1 heterocycles. The second-order valence-corrected chi connectivity index (χ2v) is 4.76. The van der Waals surface area contributed by atoms with Gasteiger partial charge in [-0.05, 0) is 37.1 Å². The first kappa shape index (κ1) is 14.7. The van der Waals surface area contributed by atoms with Gasteiger partial charge in [0.1, 0.15) is 0 Å². The first-order chi connectivity index (χ1) is 9.81. The maximum absolute atomic E-state index is 5.51. The average molecular weight is 270 g/mol. The minimum atomic E-state index is 0.233. The van der Waals surface area contributed by atoms with Gasteiger partial charge in [-0.25, -0.2) is 0 Å². The Morgan fingerprint density at radius 2 is 1.85 bits per heavy atom. The Hall–Kier alpha value is -1.71. The zero-order valence-corrected chi connectivity index (χ0v) is 12.2. The molecule has 2 aromatic rings. The van der Waals surface area contributed by atoms with Crippen molar-refractivity contribution >= 4 is 0 Å². The highest BCUT2D eigenvalue weighted by atomic mass is 16.5. The van der Waals surface area contributed by atoms with Gasteiger partial charge < -0.3 is 10.1 Å². The SMILES string of the molecule is CCOCc1ccccc1CNC(C)c1ccccn1. The van der Waals surface area contributed by atoms with E-state index in [4.69, 9.17) is 4.74 Å². The van der Waals surface area contributed by atoms with E-state index >= 15 is 0 Å². The largest absolute Gasteiger partial charge is 0.377 e. The summed E-state index contributed by atoms with van der Waals surface area (Å²) in [5, 5.41) is 3.51. The number of aromatic nitrogens is 1. The molecule has 1 unspecified atom stereocenters. The normalized spacial score (nSPS) is 12.3. The molecule has 0 amide bonds. The van der Waals surface area contributed by atoms with E-state index < -0.39 is 0 Å². The van der Waals surface area contributed by atoms with Crippen molar-refractivity contribution in [3.05, 3.63) is 65.5 Å². The van der Waals surface area contributed by atoms with Gasteiger partial charge in [0, 0.05) is 25.4 Å². The van der Waals surface area contributed by atoms with Crippen LogP contribution in [0.4, 0.5) is 0 Å². The summed E-state index contributed by atoms with van der Waals surface area (Å²) in [4.78, 5) is 4.38. The molecule has 3 nitrogen and oxygen atoms in total. The third-order valence-electron chi connectivity index (χ3n) is 3.31. The van der Waals surface area contributed by atoms with Crippen LogP contribution in [0.15, 0.2) is 48.7 Å². The van der Waals surface area contributed by atoms with Crippen LogP contribution in [0.2, 0.25) is 0 Å². The van der Waals surface area contributed by atoms with Crippen LogP contribution in [0.3, 0.4) is 0 Å². The zero-order chi connectivity index (χ0) is 14.2. The summed E-state index contributed by atoms with van der Waals surface area (Å²) in [7, 11) is 0. The molecular formula is C17H22N2O. The molecule has 0 fully saturated rings. The molecule has 0 saturated carbocycles. The van der Waals surface area contributed by atoms with Crippen molar-refractivity contribution in [2.24, 2.45) is 0 Å². The van der Waals surface area contributed by atoms with E-state index in [0.29, 0.717) is 6.61 Å². The van der Waals surface area contributed by atoms with Crippen molar-refractivity contribution < 1.29 is 4.74 Å². The van der Waals surface area contributed by atoms with E-state index in [0.717, 1.165) is 18.8 Å². The number of nitrogens with zero attached hydrogens (tertiary/aromatic N) is 1. The zero-order valence-electron chi connectivity index (χ0n) is 12.2. The summed E-state index contributed by atoms with van der Waals surface area (Å²) in [5.74, 6) is 0. The van der Waals surface area contributed by atoms with E-state index in [1.807, 2.05) is 31.3 Å². The summed E-state index contributed by atoms with van der Waals surface area (Å²) < 4.78 is 5.51. The summed E-state index contributed by atoms with van der Waals surface area (Å²) >= 11 is 0. The highest BCUT2D eigenvalue weighted by Crippen LogP contribution is 2.13. The lowest BCUT2D eigenvalue weighted by Crippen LogP contribution is -2.19. The molecule has 1 N–H and O–H groups in total. The van der Waals surface area contributed by atoms with Gasteiger partial charge in [0.2, 0.25) is 0 Å². The third kappa shape index (κ3) is 4.15. The molecule has 0 radical (unpaired) electrons. The first-order valence-corrected chi connectivity index (χ1v) is 7.10. The van der Waals surface area contributed by atoms with Gasteiger partial charge >= 0.3 is 0 Å². The first-order valence-electron chi connectivity index (χ1n) is 7.10. The molecule has 106 valence electrons. The lowest BCUT2D eigenvalue weighted by atomic mass is 10.1. The van der Waals surface area contributed by atoms with Gasteiger partial charge in [0.05, 0.1) is 12.3 Å². The second kappa shape index (κ2) is 7.78. The highest BCUT2D eigenvalue weighted by Gasteiger charge is 2.07. The van der Waals surface area contributed by atoms with E-state index in [1.165, 1.54) is 11.1 Å². The number of rotatable bonds is 7. The van der Waals surface area contributed by atoms with Crippen LogP contribution in [-0.4, -0.2) is 11.6 Å². The maximum atomic E-state index is 5.51. The van der Waals surface area contributed by atoms with E-state index in [2.05, 4.69) is 41.5 Å². The maximum Gasteiger partial charge on any atom is 0.0719 e. The summed E-state index contributed by atoms with van der Waals surface area (Å²) in [6.45, 7) is 6.39.